The van der Waals surface area contributed by atoms with Crippen molar-refractivity contribution in [2.45, 2.75) is 19.6 Å². The monoisotopic (exact) mass is 295 g/mol. The Kier molecular flexibility index (Phi) is 4.21. The number of carbonyl (C=O) groups excluding carboxylic acids is 1. The highest BCUT2D eigenvalue weighted by Crippen LogP contribution is 2.15. The van der Waals surface area contributed by atoms with Gasteiger partial charge in [0.05, 0.1) is 6.54 Å². The molecule has 0 N–H and O–H groups in total. The number of amides is 1. The number of aromatic nitrogens is 2. The summed E-state index contributed by atoms with van der Waals surface area (Å²) in [6, 6.07) is 8.14. The molecule has 110 valence electrons. The van der Waals surface area contributed by atoms with Crippen LogP contribution in [0.2, 0.25) is 0 Å². The van der Waals surface area contributed by atoms with Crippen molar-refractivity contribution in [3.05, 3.63) is 59.5 Å². The number of halogens is 3. The van der Waals surface area contributed by atoms with Gasteiger partial charge in [-0.3, -0.25) is 9.78 Å². The van der Waals surface area contributed by atoms with Crippen LogP contribution in [0, 0.1) is 6.92 Å². The van der Waals surface area contributed by atoms with E-state index < -0.39 is 12.1 Å². The Labute approximate surface area is 118 Å². The van der Waals surface area contributed by atoms with Crippen molar-refractivity contribution in [2.24, 2.45) is 4.99 Å². The zero-order chi connectivity index (χ0) is 15.5. The number of hydrogen-bond acceptors (Lipinski definition) is 2. The molecule has 0 radical (unpaired) electrons. The highest BCUT2D eigenvalue weighted by molar-refractivity contribution is 5.82. The van der Waals surface area contributed by atoms with Crippen molar-refractivity contribution >= 4 is 5.91 Å². The Morgan fingerprint density at radius 1 is 1.29 bits per heavy atom. The Morgan fingerprint density at radius 2 is 2.05 bits per heavy atom. The third-order valence-corrected chi connectivity index (χ3v) is 2.70. The molecule has 2 heterocycles. The highest BCUT2D eigenvalue weighted by atomic mass is 19.4. The molecule has 0 aliphatic heterocycles. The lowest BCUT2D eigenvalue weighted by Crippen LogP contribution is -2.27. The first kappa shape index (κ1) is 15.0. The van der Waals surface area contributed by atoms with Gasteiger partial charge in [-0.2, -0.15) is 18.2 Å². The first-order valence-electron chi connectivity index (χ1n) is 6.09. The molecular weight excluding hydrogens is 283 g/mol. The molecule has 0 bridgehead atoms. The van der Waals surface area contributed by atoms with Crippen molar-refractivity contribution in [1.82, 2.24) is 9.55 Å². The van der Waals surface area contributed by atoms with E-state index >= 15 is 0 Å². The summed E-state index contributed by atoms with van der Waals surface area (Å²) < 4.78 is 38.3. The van der Waals surface area contributed by atoms with E-state index in [9.17, 15) is 18.0 Å². The van der Waals surface area contributed by atoms with Crippen molar-refractivity contribution in [1.29, 1.82) is 0 Å². The summed E-state index contributed by atoms with van der Waals surface area (Å²) in [5.41, 5.74) is 1.59. The van der Waals surface area contributed by atoms with Gasteiger partial charge in [-0.1, -0.05) is 12.1 Å². The normalized spacial score (nSPS) is 12.5. The number of aryl methyl sites for hydroxylation is 1. The van der Waals surface area contributed by atoms with E-state index in [1.807, 2.05) is 13.0 Å². The summed E-state index contributed by atoms with van der Waals surface area (Å²) in [6.07, 6.45) is -1.79. The van der Waals surface area contributed by atoms with E-state index in [1.165, 1.54) is 16.7 Å². The summed E-state index contributed by atoms with van der Waals surface area (Å²) in [6.45, 7) is 2.11. The van der Waals surface area contributed by atoms with Gasteiger partial charge in [-0.25, -0.2) is 0 Å². The number of pyridine rings is 2. The summed E-state index contributed by atoms with van der Waals surface area (Å²) in [7, 11) is 0. The Hall–Kier alpha value is -2.44. The molecule has 0 aliphatic carbocycles. The average molecular weight is 295 g/mol. The van der Waals surface area contributed by atoms with Gasteiger partial charge in [0, 0.05) is 18.1 Å². The van der Waals surface area contributed by atoms with Gasteiger partial charge in [0.2, 0.25) is 0 Å². The lowest BCUT2D eigenvalue weighted by Gasteiger charge is -2.08. The number of carbonyl (C=O) groups is 1. The van der Waals surface area contributed by atoms with E-state index in [0.29, 0.717) is 0 Å². The fourth-order valence-corrected chi connectivity index (χ4v) is 1.66. The maximum absolute atomic E-state index is 12.3. The molecular formula is C14H12F3N3O. The van der Waals surface area contributed by atoms with Crippen molar-refractivity contribution < 1.29 is 18.0 Å². The number of nitrogens with zero attached hydrogens (tertiary/aromatic N) is 3. The zero-order valence-electron chi connectivity index (χ0n) is 11.1. The summed E-state index contributed by atoms with van der Waals surface area (Å²) in [5.74, 6) is -2.12. The molecule has 0 unspecified atom stereocenters. The molecule has 0 aliphatic rings. The molecule has 0 atom stereocenters. The first-order valence-corrected chi connectivity index (χ1v) is 6.09. The predicted octanol–water partition coefficient (Wildman–Crippen LogP) is 2.23. The second-order valence-electron chi connectivity index (χ2n) is 4.41. The fraction of sp³-hybridized carbons (Fsp3) is 0.214. The lowest BCUT2D eigenvalue weighted by atomic mass is 10.2. The molecule has 2 aromatic rings. The van der Waals surface area contributed by atoms with E-state index in [1.54, 1.807) is 24.5 Å². The standard InChI is InChI=1S/C14H12F3N3O/c1-10-5-6-11(8-18-10)9-20-7-3-2-4-12(20)19-13(21)14(15,16)17/h2-8H,9H2,1H3/b19-12+. The molecule has 4 nitrogen and oxygen atoms in total. The third-order valence-electron chi connectivity index (χ3n) is 2.70. The van der Waals surface area contributed by atoms with Gasteiger partial charge < -0.3 is 4.57 Å². The van der Waals surface area contributed by atoms with Crippen LogP contribution in [-0.2, 0) is 11.3 Å². The maximum Gasteiger partial charge on any atom is 0.473 e. The Bertz CT molecular complexity index is 702. The van der Waals surface area contributed by atoms with Gasteiger partial charge >= 0.3 is 12.1 Å². The van der Waals surface area contributed by atoms with E-state index in [4.69, 9.17) is 0 Å². The molecule has 0 spiro atoms. The van der Waals surface area contributed by atoms with Crippen molar-refractivity contribution in [2.75, 3.05) is 0 Å². The minimum Gasteiger partial charge on any atom is -0.328 e. The Morgan fingerprint density at radius 3 is 2.67 bits per heavy atom. The van der Waals surface area contributed by atoms with Gasteiger partial charge in [0.15, 0.2) is 0 Å². The number of hydrogen-bond donors (Lipinski definition) is 0. The summed E-state index contributed by atoms with van der Waals surface area (Å²) >= 11 is 0. The third kappa shape index (κ3) is 4.01. The van der Waals surface area contributed by atoms with Gasteiger partial charge in [0.25, 0.3) is 0 Å². The van der Waals surface area contributed by atoms with Crippen LogP contribution in [0.25, 0.3) is 0 Å². The SMILES string of the molecule is Cc1ccc(Cn2cccc/c2=N\C(=O)C(F)(F)F)cn1. The second-order valence-corrected chi connectivity index (χ2v) is 4.41. The van der Waals surface area contributed by atoms with Gasteiger partial charge in [-0.05, 0) is 30.7 Å². The van der Waals surface area contributed by atoms with E-state index in [-0.39, 0.29) is 12.0 Å². The van der Waals surface area contributed by atoms with Crippen LogP contribution in [0.4, 0.5) is 13.2 Å². The van der Waals surface area contributed by atoms with Crippen molar-refractivity contribution in [3.8, 4) is 0 Å². The van der Waals surface area contributed by atoms with Gasteiger partial charge in [-0.15, -0.1) is 0 Å². The minimum atomic E-state index is -4.97. The van der Waals surface area contributed by atoms with Crippen LogP contribution < -0.4 is 5.49 Å². The highest BCUT2D eigenvalue weighted by Gasteiger charge is 2.38. The van der Waals surface area contributed by atoms with E-state index in [2.05, 4.69) is 9.98 Å². The molecule has 0 fully saturated rings. The van der Waals surface area contributed by atoms with Crippen LogP contribution >= 0.6 is 0 Å². The molecule has 21 heavy (non-hydrogen) atoms. The molecule has 2 aromatic heterocycles. The molecule has 1 amide bonds. The molecule has 0 aromatic carbocycles. The largest absolute Gasteiger partial charge is 0.473 e. The van der Waals surface area contributed by atoms with Crippen LogP contribution in [0.3, 0.4) is 0 Å². The number of alkyl halides is 3. The topological polar surface area (TPSA) is 47.2 Å². The first-order chi connectivity index (χ1) is 9.86. The van der Waals surface area contributed by atoms with Crippen LogP contribution in [0.1, 0.15) is 11.3 Å². The maximum atomic E-state index is 12.3. The predicted molar refractivity (Wildman–Crippen MR) is 69.1 cm³/mol. The fourth-order valence-electron chi connectivity index (χ4n) is 1.66. The molecule has 0 saturated carbocycles. The minimum absolute atomic E-state index is 0.0552. The van der Waals surface area contributed by atoms with Crippen LogP contribution in [-0.4, -0.2) is 21.6 Å². The number of rotatable bonds is 2. The van der Waals surface area contributed by atoms with Gasteiger partial charge in [0.1, 0.15) is 5.49 Å². The summed E-state index contributed by atoms with van der Waals surface area (Å²) in [5, 5.41) is 0. The molecule has 0 saturated heterocycles. The lowest BCUT2D eigenvalue weighted by molar-refractivity contribution is -0.169. The summed E-state index contributed by atoms with van der Waals surface area (Å²) in [4.78, 5) is 18.2. The molecule has 7 heteroatoms. The smallest absolute Gasteiger partial charge is 0.328 e. The molecule has 2 rings (SSSR count). The van der Waals surface area contributed by atoms with Crippen LogP contribution in [0.15, 0.2) is 47.7 Å². The quantitative estimate of drug-likeness (QED) is 0.853. The second kappa shape index (κ2) is 5.90. The van der Waals surface area contributed by atoms with E-state index in [0.717, 1.165) is 11.3 Å². The zero-order valence-corrected chi connectivity index (χ0v) is 11.1. The average Bonchev–Trinajstić information content (AvgIpc) is 2.42. The van der Waals surface area contributed by atoms with Crippen LogP contribution in [0.5, 0.6) is 0 Å². The Balaban J connectivity index is 2.35. The van der Waals surface area contributed by atoms with Crippen molar-refractivity contribution in [3.63, 3.8) is 0 Å².